The van der Waals surface area contributed by atoms with Gasteiger partial charge in [-0.05, 0) is 42.4 Å². The average molecular weight is 556 g/mol. The maximum atomic E-state index is 12.9. The van der Waals surface area contributed by atoms with Crippen LogP contribution in [0.5, 0.6) is 0 Å². The number of amides is 1. The van der Waals surface area contributed by atoms with Crippen molar-refractivity contribution in [2.75, 3.05) is 40.9 Å². The summed E-state index contributed by atoms with van der Waals surface area (Å²) in [5, 5.41) is 6.26. The highest BCUT2D eigenvalue weighted by Gasteiger charge is 2.36. The van der Waals surface area contributed by atoms with Gasteiger partial charge in [0.1, 0.15) is 0 Å². The molecule has 1 amide bonds. The summed E-state index contributed by atoms with van der Waals surface area (Å²) in [6, 6.07) is 5.11. The van der Waals surface area contributed by atoms with E-state index in [1.54, 1.807) is 27.3 Å². The van der Waals surface area contributed by atoms with E-state index >= 15 is 0 Å². The number of nitrogens with zero attached hydrogens (tertiary/aromatic N) is 2. The van der Waals surface area contributed by atoms with E-state index in [0.717, 1.165) is 37.8 Å². The zero-order valence-electron chi connectivity index (χ0n) is 18.2. The quantitative estimate of drug-likeness (QED) is 0.277. The third kappa shape index (κ3) is 8.83. The lowest BCUT2D eigenvalue weighted by atomic mass is 9.67. The second kappa shape index (κ2) is 12.5. The first-order valence-corrected chi connectivity index (χ1v) is 10.0. The third-order valence-electron chi connectivity index (χ3n) is 5.46. The molecule has 1 fully saturated rings. The number of carbonyl (C=O) groups is 1. The Morgan fingerprint density at radius 1 is 1.26 bits per heavy atom. The van der Waals surface area contributed by atoms with E-state index in [1.165, 1.54) is 11.0 Å². The van der Waals surface area contributed by atoms with Gasteiger partial charge >= 0.3 is 6.18 Å². The van der Waals surface area contributed by atoms with Gasteiger partial charge in [-0.1, -0.05) is 18.6 Å². The first kappa shape index (κ1) is 27.5. The molecular formula is C21H32F3IN4O2. The molecule has 0 bridgehead atoms. The minimum atomic E-state index is -4.39. The zero-order valence-corrected chi connectivity index (χ0v) is 20.5. The predicted molar refractivity (Wildman–Crippen MR) is 125 cm³/mol. The van der Waals surface area contributed by atoms with Gasteiger partial charge in [-0.25, -0.2) is 4.99 Å². The molecule has 1 aromatic rings. The van der Waals surface area contributed by atoms with Crippen molar-refractivity contribution in [2.24, 2.45) is 10.4 Å². The van der Waals surface area contributed by atoms with Crippen molar-refractivity contribution in [3.05, 3.63) is 35.4 Å². The summed E-state index contributed by atoms with van der Waals surface area (Å²) in [5.74, 6) is 0.285. The van der Waals surface area contributed by atoms with Gasteiger partial charge in [-0.2, -0.15) is 13.2 Å². The van der Waals surface area contributed by atoms with Crippen LogP contribution in [0.4, 0.5) is 13.2 Å². The van der Waals surface area contributed by atoms with Crippen molar-refractivity contribution in [3.63, 3.8) is 0 Å². The molecule has 0 aromatic heterocycles. The van der Waals surface area contributed by atoms with Gasteiger partial charge in [0.15, 0.2) is 5.96 Å². The first-order valence-electron chi connectivity index (χ1n) is 10.0. The number of ether oxygens (including phenoxy) is 1. The number of halogens is 4. The van der Waals surface area contributed by atoms with Gasteiger partial charge < -0.3 is 20.3 Å². The molecule has 176 valence electrons. The molecule has 6 nitrogen and oxygen atoms in total. The van der Waals surface area contributed by atoms with Crippen LogP contribution in [-0.4, -0.2) is 57.7 Å². The van der Waals surface area contributed by atoms with E-state index in [2.05, 4.69) is 15.6 Å². The molecule has 2 N–H and O–H groups in total. The van der Waals surface area contributed by atoms with Crippen LogP contribution in [0.1, 0.15) is 36.8 Å². The fourth-order valence-corrected chi connectivity index (χ4v) is 3.29. The number of benzene rings is 1. The lowest BCUT2D eigenvalue weighted by Crippen LogP contribution is -2.48. The van der Waals surface area contributed by atoms with E-state index in [4.69, 9.17) is 4.74 Å². The number of hydrogen-bond donors (Lipinski definition) is 2. The van der Waals surface area contributed by atoms with Crippen LogP contribution < -0.4 is 10.6 Å². The van der Waals surface area contributed by atoms with Gasteiger partial charge in [0.25, 0.3) is 0 Å². The molecule has 0 radical (unpaired) electrons. The van der Waals surface area contributed by atoms with Crippen molar-refractivity contribution in [1.82, 2.24) is 15.5 Å². The molecule has 2 rings (SSSR count). The van der Waals surface area contributed by atoms with Crippen LogP contribution in [0.15, 0.2) is 29.3 Å². The Labute approximate surface area is 199 Å². The molecule has 10 heteroatoms. The lowest BCUT2D eigenvalue weighted by molar-refractivity contribution is -0.137. The summed E-state index contributed by atoms with van der Waals surface area (Å²) in [6.07, 6.45) is -0.139. The van der Waals surface area contributed by atoms with Gasteiger partial charge in [-0.15, -0.1) is 24.0 Å². The van der Waals surface area contributed by atoms with Crippen LogP contribution in [0, 0.1) is 5.41 Å². The molecule has 31 heavy (non-hydrogen) atoms. The van der Waals surface area contributed by atoms with E-state index in [1.807, 2.05) is 0 Å². The molecular weight excluding hydrogens is 524 g/mol. The van der Waals surface area contributed by atoms with Gasteiger partial charge in [0, 0.05) is 34.4 Å². The summed E-state index contributed by atoms with van der Waals surface area (Å²) >= 11 is 0. The van der Waals surface area contributed by atoms with Crippen LogP contribution in [0.3, 0.4) is 0 Å². The predicted octanol–water partition coefficient (Wildman–Crippen LogP) is 3.65. The SMILES string of the molecule is COCCC1(CNC(=NCc2cccc(C(F)(F)F)c2)NCC(=O)N(C)C)CCC1.I. The second-order valence-electron chi connectivity index (χ2n) is 7.95. The molecule has 0 saturated heterocycles. The van der Waals surface area contributed by atoms with Crippen LogP contribution in [0.25, 0.3) is 0 Å². The normalized spacial score (nSPS) is 15.5. The lowest BCUT2D eigenvalue weighted by Gasteiger charge is -2.42. The Morgan fingerprint density at radius 2 is 1.97 bits per heavy atom. The highest BCUT2D eigenvalue weighted by molar-refractivity contribution is 14.0. The zero-order chi connectivity index (χ0) is 22.2. The largest absolute Gasteiger partial charge is 0.416 e. The fraction of sp³-hybridized carbons (Fsp3) is 0.619. The first-order chi connectivity index (χ1) is 14.1. The topological polar surface area (TPSA) is 66.0 Å². The Morgan fingerprint density at radius 3 is 2.52 bits per heavy atom. The van der Waals surface area contributed by atoms with Crippen molar-refractivity contribution in [2.45, 2.75) is 38.4 Å². The Balaban J connectivity index is 0.00000480. The number of hydrogen-bond acceptors (Lipinski definition) is 3. The number of likely N-dealkylation sites (N-methyl/N-ethyl adjacent to an activating group) is 1. The monoisotopic (exact) mass is 556 g/mol. The smallest absolute Gasteiger partial charge is 0.385 e. The van der Waals surface area contributed by atoms with Crippen molar-refractivity contribution >= 4 is 35.8 Å². The van der Waals surface area contributed by atoms with Crippen molar-refractivity contribution < 1.29 is 22.7 Å². The Bertz CT molecular complexity index is 738. The number of aliphatic imine (C=N–C) groups is 1. The van der Waals surface area contributed by atoms with E-state index in [9.17, 15) is 18.0 Å². The maximum absolute atomic E-state index is 12.9. The van der Waals surface area contributed by atoms with Crippen LogP contribution in [0.2, 0.25) is 0 Å². The van der Waals surface area contributed by atoms with Gasteiger partial charge in [0.2, 0.25) is 5.91 Å². The number of alkyl halides is 3. The maximum Gasteiger partial charge on any atom is 0.416 e. The molecule has 1 aromatic carbocycles. The van der Waals surface area contributed by atoms with Gasteiger partial charge in [-0.3, -0.25) is 4.79 Å². The summed E-state index contributed by atoms with van der Waals surface area (Å²) in [7, 11) is 4.99. The minimum Gasteiger partial charge on any atom is -0.385 e. The Hall–Kier alpha value is -1.56. The minimum absolute atomic E-state index is 0. The second-order valence-corrected chi connectivity index (χ2v) is 7.95. The molecule has 0 aliphatic heterocycles. The number of carbonyl (C=O) groups excluding carboxylic acids is 1. The Kier molecular flexibility index (Phi) is 11.1. The highest BCUT2D eigenvalue weighted by Crippen LogP contribution is 2.43. The molecule has 0 unspecified atom stereocenters. The molecule has 0 spiro atoms. The molecule has 1 saturated carbocycles. The van der Waals surface area contributed by atoms with Crippen molar-refractivity contribution in [1.29, 1.82) is 0 Å². The number of guanidine groups is 1. The molecule has 1 aliphatic carbocycles. The number of rotatable bonds is 9. The van der Waals surface area contributed by atoms with Gasteiger partial charge in [0.05, 0.1) is 18.7 Å². The van der Waals surface area contributed by atoms with E-state index in [0.29, 0.717) is 24.7 Å². The molecule has 0 heterocycles. The highest BCUT2D eigenvalue weighted by atomic mass is 127. The van der Waals surface area contributed by atoms with Crippen LogP contribution >= 0.6 is 24.0 Å². The van der Waals surface area contributed by atoms with E-state index in [-0.39, 0.29) is 48.4 Å². The summed E-state index contributed by atoms with van der Waals surface area (Å²) in [4.78, 5) is 17.8. The average Bonchev–Trinajstić information content (AvgIpc) is 2.67. The van der Waals surface area contributed by atoms with E-state index < -0.39 is 11.7 Å². The number of nitrogens with one attached hydrogen (secondary N) is 2. The standard InChI is InChI=1S/C21H31F3N4O2.HI/c1-28(2)18(29)14-26-19(27-15-20(8-5-9-20)10-11-30-3)25-13-16-6-4-7-17(12-16)21(22,23)24;/h4,6-7,12H,5,8-11,13-15H2,1-3H3,(H2,25,26,27);1H. The molecule has 1 aliphatic rings. The third-order valence-corrected chi connectivity index (χ3v) is 5.46. The van der Waals surface area contributed by atoms with Crippen molar-refractivity contribution in [3.8, 4) is 0 Å². The summed E-state index contributed by atoms with van der Waals surface area (Å²) in [5.41, 5.74) is -0.128. The summed E-state index contributed by atoms with van der Waals surface area (Å²) < 4.78 is 44.0. The fourth-order valence-electron chi connectivity index (χ4n) is 3.29. The summed E-state index contributed by atoms with van der Waals surface area (Å²) in [6.45, 7) is 1.46. The molecule has 0 atom stereocenters. The van der Waals surface area contributed by atoms with Crippen LogP contribution in [-0.2, 0) is 22.3 Å². The number of methoxy groups -OCH3 is 1.